The van der Waals surface area contributed by atoms with Gasteiger partial charge in [0.05, 0.1) is 11.6 Å². The molecular formula is C18H18F5N5O. The highest BCUT2D eigenvalue weighted by atomic mass is 19.4. The number of nitrogens with one attached hydrogen (secondary N) is 1. The molecule has 0 unspecified atom stereocenters. The summed E-state index contributed by atoms with van der Waals surface area (Å²) in [5, 5.41) is 4.00. The molecule has 1 N–H and O–H groups in total. The highest BCUT2D eigenvalue weighted by Crippen LogP contribution is 2.34. The van der Waals surface area contributed by atoms with Crippen LogP contribution in [0.4, 0.5) is 27.9 Å². The summed E-state index contributed by atoms with van der Waals surface area (Å²) in [6.45, 7) is 0.617. The number of benzene rings is 1. The molecule has 6 nitrogen and oxygen atoms in total. The largest absolute Gasteiger partial charge is 0.416 e. The van der Waals surface area contributed by atoms with E-state index in [1.807, 2.05) is 0 Å². The third kappa shape index (κ3) is 3.68. The van der Waals surface area contributed by atoms with Gasteiger partial charge in [0.15, 0.2) is 5.65 Å². The second-order valence-electron chi connectivity index (χ2n) is 6.67. The van der Waals surface area contributed by atoms with Crippen LogP contribution in [0, 0.1) is 5.82 Å². The summed E-state index contributed by atoms with van der Waals surface area (Å²) in [5.41, 5.74) is -1.95. The summed E-state index contributed by atoms with van der Waals surface area (Å²) in [5.74, 6) is -0.897. The van der Waals surface area contributed by atoms with E-state index in [1.54, 1.807) is 21.0 Å². The molecule has 0 radical (unpaired) electrons. The predicted octanol–water partition coefficient (Wildman–Crippen LogP) is 3.81. The van der Waals surface area contributed by atoms with Gasteiger partial charge in [-0.3, -0.25) is 9.78 Å². The Morgan fingerprint density at radius 2 is 1.97 bits per heavy atom. The molecule has 2 aromatic heterocycles. The van der Waals surface area contributed by atoms with Crippen molar-refractivity contribution in [3.05, 3.63) is 51.2 Å². The summed E-state index contributed by atoms with van der Waals surface area (Å²) in [7, 11) is 3.27. The molecular weight excluding hydrogens is 397 g/mol. The molecule has 0 aliphatic heterocycles. The minimum atomic E-state index is -4.68. The van der Waals surface area contributed by atoms with Crippen LogP contribution in [0.2, 0.25) is 0 Å². The van der Waals surface area contributed by atoms with Crippen LogP contribution in [-0.2, 0) is 12.9 Å². The molecule has 2 heterocycles. The zero-order chi connectivity index (χ0) is 21.5. The van der Waals surface area contributed by atoms with Crippen LogP contribution in [0.25, 0.3) is 11.0 Å². The van der Waals surface area contributed by atoms with Gasteiger partial charge in [-0.1, -0.05) is 13.0 Å². The van der Waals surface area contributed by atoms with Crippen LogP contribution in [0.5, 0.6) is 0 Å². The number of fused-ring (bicyclic) bond motifs is 1. The molecule has 1 aromatic carbocycles. The SMILES string of the molecule is CC[C@H](c1ccc(C(F)(F)F)cc1F)n1nc(CF)c2c(=O)[nH]c(N(C)C)nc21. The maximum Gasteiger partial charge on any atom is 0.416 e. The van der Waals surface area contributed by atoms with Gasteiger partial charge < -0.3 is 4.90 Å². The average molecular weight is 415 g/mol. The fourth-order valence-electron chi connectivity index (χ4n) is 3.12. The van der Waals surface area contributed by atoms with Gasteiger partial charge in [0.2, 0.25) is 5.95 Å². The molecule has 0 spiro atoms. The molecule has 0 saturated carbocycles. The molecule has 0 amide bonds. The number of hydrogen-bond donors (Lipinski definition) is 1. The molecule has 3 aromatic rings. The Morgan fingerprint density at radius 3 is 2.48 bits per heavy atom. The van der Waals surface area contributed by atoms with Gasteiger partial charge in [-0.05, 0) is 18.6 Å². The molecule has 0 fully saturated rings. The van der Waals surface area contributed by atoms with Crippen molar-refractivity contribution in [1.29, 1.82) is 0 Å². The van der Waals surface area contributed by atoms with E-state index in [0.717, 1.165) is 12.1 Å². The van der Waals surface area contributed by atoms with E-state index in [2.05, 4.69) is 15.1 Å². The third-order valence-corrected chi connectivity index (χ3v) is 4.54. The Balaban J connectivity index is 2.24. The number of aromatic nitrogens is 4. The van der Waals surface area contributed by atoms with Crippen LogP contribution in [0.1, 0.15) is 36.2 Å². The van der Waals surface area contributed by atoms with Gasteiger partial charge in [-0.15, -0.1) is 0 Å². The van der Waals surface area contributed by atoms with Crippen molar-refractivity contribution in [2.75, 3.05) is 19.0 Å². The summed E-state index contributed by atoms with van der Waals surface area (Å²) in [6, 6.07) is 1.32. The number of H-pyrrole nitrogens is 1. The average Bonchev–Trinajstić information content (AvgIpc) is 3.02. The van der Waals surface area contributed by atoms with E-state index in [1.165, 1.54) is 9.58 Å². The molecule has 11 heteroatoms. The first kappa shape index (κ1) is 20.7. The van der Waals surface area contributed by atoms with Crippen LogP contribution >= 0.6 is 0 Å². The Labute approximate surface area is 162 Å². The molecule has 3 rings (SSSR count). The van der Waals surface area contributed by atoms with Gasteiger partial charge in [0, 0.05) is 19.7 Å². The zero-order valence-electron chi connectivity index (χ0n) is 15.8. The van der Waals surface area contributed by atoms with E-state index >= 15 is 0 Å². The minimum absolute atomic E-state index is 0.0243. The predicted molar refractivity (Wildman–Crippen MR) is 97.1 cm³/mol. The first-order valence-electron chi connectivity index (χ1n) is 8.69. The number of halogens is 5. The molecule has 0 aliphatic rings. The van der Waals surface area contributed by atoms with Crippen molar-refractivity contribution in [3.8, 4) is 0 Å². The van der Waals surface area contributed by atoms with E-state index in [4.69, 9.17) is 0 Å². The van der Waals surface area contributed by atoms with Crippen molar-refractivity contribution in [3.63, 3.8) is 0 Å². The first-order valence-corrected chi connectivity index (χ1v) is 8.69. The van der Waals surface area contributed by atoms with Crippen molar-refractivity contribution >= 4 is 17.0 Å². The molecule has 0 saturated heterocycles. The summed E-state index contributed by atoms with van der Waals surface area (Å²) < 4.78 is 67.8. The molecule has 1 atom stereocenters. The van der Waals surface area contributed by atoms with E-state index in [0.29, 0.717) is 6.07 Å². The maximum absolute atomic E-state index is 14.6. The standard InChI is InChI=1S/C18H18F5N5O/c1-4-13(10-6-5-9(7-11(10)20)18(21,22)23)28-15-14(12(8-19)26-28)16(29)25-17(24-15)27(2)3/h5-7,13H,4,8H2,1-3H3,(H,24,25,29)/t13-/m1/s1. The lowest BCUT2D eigenvalue weighted by molar-refractivity contribution is -0.137. The summed E-state index contributed by atoms with van der Waals surface area (Å²) in [4.78, 5) is 20.7. The van der Waals surface area contributed by atoms with Crippen LogP contribution in [-0.4, -0.2) is 33.8 Å². The lowest BCUT2D eigenvalue weighted by Crippen LogP contribution is -2.20. The number of hydrogen-bond acceptors (Lipinski definition) is 4. The van der Waals surface area contributed by atoms with Crippen molar-refractivity contribution in [2.45, 2.75) is 32.2 Å². The Kier molecular flexibility index (Phi) is 5.33. The molecule has 156 valence electrons. The minimum Gasteiger partial charge on any atom is -0.348 e. The van der Waals surface area contributed by atoms with E-state index in [-0.39, 0.29) is 34.7 Å². The lowest BCUT2D eigenvalue weighted by atomic mass is 10.0. The fourth-order valence-corrected chi connectivity index (χ4v) is 3.12. The number of nitrogens with zero attached hydrogens (tertiary/aromatic N) is 4. The lowest BCUT2D eigenvalue weighted by Gasteiger charge is -2.19. The third-order valence-electron chi connectivity index (χ3n) is 4.54. The van der Waals surface area contributed by atoms with Crippen LogP contribution in [0.15, 0.2) is 23.0 Å². The fraction of sp³-hybridized carbons (Fsp3) is 0.389. The highest BCUT2D eigenvalue weighted by molar-refractivity contribution is 5.78. The maximum atomic E-state index is 14.6. The number of alkyl halides is 4. The van der Waals surface area contributed by atoms with Gasteiger partial charge in [0.1, 0.15) is 23.6 Å². The zero-order valence-corrected chi connectivity index (χ0v) is 15.8. The Bertz CT molecular complexity index is 1100. The topological polar surface area (TPSA) is 66.8 Å². The second-order valence-corrected chi connectivity index (χ2v) is 6.67. The monoisotopic (exact) mass is 415 g/mol. The van der Waals surface area contributed by atoms with E-state index < -0.39 is 35.8 Å². The normalized spacial score (nSPS) is 13.1. The summed E-state index contributed by atoms with van der Waals surface area (Å²) in [6.07, 6.45) is -4.47. The summed E-state index contributed by atoms with van der Waals surface area (Å²) >= 11 is 0. The van der Waals surface area contributed by atoms with Crippen molar-refractivity contribution in [2.24, 2.45) is 0 Å². The smallest absolute Gasteiger partial charge is 0.348 e. The van der Waals surface area contributed by atoms with Crippen LogP contribution in [0.3, 0.4) is 0 Å². The van der Waals surface area contributed by atoms with Gasteiger partial charge >= 0.3 is 6.18 Å². The molecule has 0 aliphatic carbocycles. The van der Waals surface area contributed by atoms with Gasteiger partial charge in [0.25, 0.3) is 5.56 Å². The van der Waals surface area contributed by atoms with Gasteiger partial charge in [-0.25, -0.2) is 13.5 Å². The number of anilines is 1. The van der Waals surface area contributed by atoms with Gasteiger partial charge in [-0.2, -0.15) is 23.3 Å². The van der Waals surface area contributed by atoms with Crippen molar-refractivity contribution < 1.29 is 22.0 Å². The highest BCUT2D eigenvalue weighted by Gasteiger charge is 2.32. The Morgan fingerprint density at radius 1 is 1.28 bits per heavy atom. The quantitative estimate of drug-likeness (QED) is 0.644. The molecule has 29 heavy (non-hydrogen) atoms. The van der Waals surface area contributed by atoms with E-state index in [9.17, 15) is 26.7 Å². The number of rotatable bonds is 5. The molecule has 0 bridgehead atoms. The van der Waals surface area contributed by atoms with Crippen molar-refractivity contribution in [1.82, 2.24) is 19.7 Å². The number of aromatic amines is 1. The van der Waals surface area contributed by atoms with Crippen LogP contribution < -0.4 is 10.5 Å². The second kappa shape index (κ2) is 7.45. The first-order chi connectivity index (χ1) is 13.6. The Hall–Kier alpha value is -2.98.